The van der Waals surface area contributed by atoms with Crippen molar-refractivity contribution in [2.24, 2.45) is 0 Å². The summed E-state index contributed by atoms with van der Waals surface area (Å²) in [5.41, 5.74) is 0.903. The van der Waals surface area contributed by atoms with Crippen molar-refractivity contribution in [3.8, 4) is 11.5 Å². The molecular formula is C18H21F2N3O4S. The van der Waals surface area contributed by atoms with Crippen LogP contribution in [0.25, 0.3) is 0 Å². The molecule has 10 heteroatoms. The molecule has 0 aliphatic heterocycles. The summed E-state index contributed by atoms with van der Waals surface area (Å²) in [6, 6.07) is 3.76. The Morgan fingerprint density at radius 1 is 1.21 bits per heavy atom. The van der Waals surface area contributed by atoms with Gasteiger partial charge in [-0.05, 0) is 18.2 Å². The summed E-state index contributed by atoms with van der Waals surface area (Å²) in [5.74, 6) is -0.800. The van der Waals surface area contributed by atoms with Crippen LogP contribution in [-0.2, 0) is 11.3 Å². The molecule has 152 valence electrons. The van der Waals surface area contributed by atoms with Crippen molar-refractivity contribution < 1.29 is 27.8 Å². The minimum atomic E-state index is -3.01. The third-order valence-electron chi connectivity index (χ3n) is 3.58. The zero-order chi connectivity index (χ0) is 20.7. The van der Waals surface area contributed by atoms with Gasteiger partial charge in [-0.3, -0.25) is 9.59 Å². The highest BCUT2D eigenvalue weighted by atomic mass is 32.1. The Bertz CT molecular complexity index is 827. The smallest absolute Gasteiger partial charge is 0.387 e. The first-order valence-corrected chi connectivity index (χ1v) is 9.30. The number of aromatic nitrogens is 1. The van der Waals surface area contributed by atoms with E-state index in [0.29, 0.717) is 5.92 Å². The van der Waals surface area contributed by atoms with E-state index < -0.39 is 12.5 Å². The molecular weight excluding hydrogens is 392 g/mol. The maximum atomic E-state index is 12.3. The van der Waals surface area contributed by atoms with Crippen molar-refractivity contribution in [3.05, 3.63) is 39.8 Å². The second-order valence-corrected chi connectivity index (χ2v) is 6.93. The van der Waals surface area contributed by atoms with Gasteiger partial charge in [-0.15, -0.1) is 11.3 Å². The van der Waals surface area contributed by atoms with Gasteiger partial charge in [0.15, 0.2) is 11.5 Å². The Morgan fingerprint density at radius 2 is 1.96 bits per heavy atom. The Morgan fingerprint density at radius 3 is 2.57 bits per heavy atom. The van der Waals surface area contributed by atoms with E-state index in [0.717, 1.165) is 10.7 Å². The molecule has 28 heavy (non-hydrogen) atoms. The van der Waals surface area contributed by atoms with Gasteiger partial charge >= 0.3 is 6.61 Å². The van der Waals surface area contributed by atoms with E-state index in [1.165, 1.54) is 36.6 Å². The number of nitrogens with one attached hydrogen (secondary N) is 2. The van der Waals surface area contributed by atoms with Crippen LogP contribution in [0.15, 0.2) is 23.6 Å². The van der Waals surface area contributed by atoms with Crippen LogP contribution in [-0.4, -0.2) is 37.1 Å². The third-order valence-corrected chi connectivity index (χ3v) is 4.78. The van der Waals surface area contributed by atoms with Crippen LogP contribution in [0.4, 0.5) is 8.78 Å². The number of thiazole rings is 1. The van der Waals surface area contributed by atoms with Crippen molar-refractivity contribution in [3.63, 3.8) is 0 Å². The summed E-state index contributed by atoms with van der Waals surface area (Å²) in [5, 5.41) is 8.00. The van der Waals surface area contributed by atoms with Gasteiger partial charge in [0.2, 0.25) is 5.91 Å². The largest absolute Gasteiger partial charge is 0.493 e. The Kier molecular flexibility index (Phi) is 7.68. The van der Waals surface area contributed by atoms with Gasteiger partial charge in [0.05, 0.1) is 30.9 Å². The predicted octanol–water partition coefficient (Wildman–Crippen LogP) is 2.92. The van der Waals surface area contributed by atoms with Gasteiger partial charge in [0.1, 0.15) is 0 Å². The van der Waals surface area contributed by atoms with E-state index in [9.17, 15) is 18.4 Å². The molecule has 0 unspecified atom stereocenters. The monoisotopic (exact) mass is 413 g/mol. The van der Waals surface area contributed by atoms with Crippen molar-refractivity contribution in [1.82, 2.24) is 15.6 Å². The molecule has 1 heterocycles. The fraction of sp³-hybridized carbons (Fsp3) is 0.389. The number of carbonyl (C=O) groups excluding carboxylic acids is 2. The first-order valence-electron chi connectivity index (χ1n) is 8.42. The first kappa shape index (κ1) is 21.5. The number of nitrogens with zero attached hydrogens (tertiary/aromatic N) is 1. The summed E-state index contributed by atoms with van der Waals surface area (Å²) >= 11 is 1.53. The zero-order valence-electron chi connectivity index (χ0n) is 15.6. The Labute approximate surface area is 165 Å². The standard InChI is InChI=1S/C18H21F2N3O4S/c1-10(2)17-23-12(9-28-17)7-21-15(24)8-22-16(25)11-4-5-13(27-18(19)20)14(6-11)26-3/h4-6,9-10,18H,7-8H2,1-3H3,(H,21,24)(H,22,25). The average Bonchev–Trinajstić information content (AvgIpc) is 3.13. The third kappa shape index (κ3) is 6.15. The average molecular weight is 413 g/mol. The van der Waals surface area contributed by atoms with Gasteiger partial charge in [-0.25, -0.2) is 4.98 Å². The number of alkyl halides is 2. The molecule has 2 rings (SSSR count). The van der Waals surface area contributed by atoms with Crippen LogP contribution in [0.1, 0.15) is 40.8 Å². The summed E-state index contributed by atoms with van der Waals surface area (Å²) in [4.78, 5) is 28.5. The molecule has 0 aliphatic carbocycles. The van der Waals surface area contributed by atoms with Crippen molar-refractivity contribution in [2.45, 2.75) is 32.9 Å². The molecule has 0 fully saturated rings. The molecule has 1 aromatic heterocycles. The number of benzene rings is 1. The van der Waals surface area contributed by atoms with Crippen LogP contribution in [0.5, 0.6) is 11.5 Å². The van der Waals surface area contributed by atoms with Crippen molar-refractivity contribution >= 4 is 23.2 Å². The fourth-order valence-corrected chi connectivity index (χ4v) is 3.02. The molecule has 0 atom stereocenters. The number of ether oxygens (including phenoxy) is 2. The van der Waals surface area contributed by atoms with Crippen LogP contribution >= 0.6 is 11.3 Å². The molecule has 1 aromatic carbocycles. The molecule has 2 N–H and O–H groups in total. The second kappa shape index (κ2) is 9.98. The molecule has 0 bridgehead atoms. The van der Waals surface area contributed by atoms with Gasteiger partial charge < -0.3 is 20.1 Å². The number of hydrogen-bond acceptors (Lipinski definition) is 6. The molecule has 0 saturated carbocycles. The highest BCUT2D eigenvalue weighted by Crippen LogP contribution is 2.29. The van der Waals surface area contributed by atoms with Gasteiger partial charge in [0.25, 0.3) is 5.91 Å². The van der Waals surface area contributed by atoms with E-state index >= 15 is 0 Å². The van der Waals surface area contributed by atoms with Gasteiger partial charge in [0, 0.05) is 16.9 Å². The summed E-state index contributed by atoms with van der Waals surface area (Å²) < 4.78 is 33.9. The summed E-state index contributed by atoms with van der Waals surface area (Å²) in [6.07, 6.45) is 0. The Balaban J connectivity index is 1.86. The van der Waals surface area contributed by atoms with Crippen LogP contribution in [0, 0.1) is 0 Å². The van der Waals surface area contributed by atoms with Gasteiger partial charge in [-0.2, -0.15) is 8.78 Å². The highest BCUT2D eigenvalue weighted by molar-refractivity contribution is 7.09. The molecule has 0 spiro atoms. The minimum absolute atomic E-state index is 0.0121. The van der Waals surface area contributed by atoms with E-state index in [4.69, 9.17) is 4.74 Å². The highest BCUT2D eigenvalue weighted by Gasteiger charge is 2.15. The summed E-state index contributed by atoms with van der Waals surface area (Å²) in [7, 11) is 1.27. The van der Waals surface area contributed by atoms with E-state index in [1.807, 2.05) is 19.2 Å². The topological polar surface area (TPSA) is 89.5 Å². The van der Waals surface area contributed by atoms with E-state index in [2.05, 4.69) is 20.4 Å². The maximum Gasteiger partial charge on any atom is 0.387 e. The SMILES string of the molecule is COc1cc(C(=O)NCC(=O)NCc2csc(C(C)C)n2)ccc1OC(F)F. The minimum Gasteiger partial charge on any atom is -0.493 e. The van der Waals surface area contributed by atoms with Crippen LogP contribution in [0.2, 0.25) is 0 Å². The lowest BCUT2D eigenvalue weighted by Gasteiger charge is -2.11. The lowest BCUT2D eigenvalue weighted by Crippen LogP contribution is -2.36. The number of halogens is 2. The van der Waals surface area contributed by atoms with Crippen LogP contribution in [0.3, 0.4) is 0 Å². The lowest BCUT2D eigenvalue weighted by molar-refractivity contribution is -0.120. The van der Waals surface area contributed by atoms with E-state index in [1.54, 1.807) is 0 Å². The molecule has 0 aliphatic rings. The van der Waals surface area contributed by atoms with Gasteiger partial charge in [-0.1, -0.05) is 13.8 Å². The molecule has 2 aromatic rings. The zero-order valence-corrected chi connectivity index (χ0v) is 16.4. The fourth-order valence-electron chi connectivity index (χ4n) is 2.19. The second-order valence-electron chi connectivity index (χ2n) is 6.04. The number of amides is 2. The number of methoxy groups -OCH3 is 1. The number of rotatable bonds is 9. The first-order chi connectivity index (χ1) is 13.3. The van der Waals surface area contributed by atoms with Crippen molar-refractivity contribution in [2.75, 3.05) is 13.7 Å². The molecule has 0 saturated heterocycles. The quantitative estimate of drug-likeness (QED) is 0.660. The molecule has 2 amide bonds. The van der Waals surface area contributed by atoms with Crippen LogP contribution < -0.4 is 20.1 Å². The predicted molar refractivity (Wildman–Crippen MR) is 100 cm³/mol. The Hall–Kier alpha value is -2.75. The number of carbonyl (C=O) groups is 2. The van der Waals surface area contributed by atoms with E-state index in [-0.39, 0.29) is 36.1 Å². The van der Waals surface area contributed by atoms with Crippen molar-refractivity contribution in [1.29, 1.82) is 0 Å². The molecule has 0 radical (unpaired) electrons. The lowest BCUT2D eigenvalue weighted by atomic mass is 10.2. The summed E-state index contributed by atoms with van der Waals surface area (Å²) in [6.45, 7) is 1.10. The molecule has 7 nitrogen and oxygen atoms in total. The normalized spacial score (nSPS) is 10.8. The maximum absolute atomic E-state index is 12.3. The number of hydrogen-bond donors (Lipinski definition) is 2.